The molecule has 1 saturated heterocycles. The summed E-state index contributed by atoms with van der Waals surface area (Å²) in [5, 5.41) is 2.43. The van der Waals surface area contributed by atoms with E-state index in [1.165, 1.54) is 0 Å². The average Bonchev–Trinajstić information content (AvgIpc) is 2.80. The van der Waals surface area contributed by atoms with Crippen molar-refractivity contribution in [1.29, 1.82) is 0 Å². The van der Waals surface area contributed by atoms with Gasteiger partial charge in [0.2, 0.25) is 5.91 Å². The molecule has 1 heterocycles. The molecule has 0 bridgehead atoms. The highest BCUT2D eigenvalue weighted by Gasteiger charge is 2.27. The molecule has 1 atom stereocenters. The molecule has 1 N–H and O–H groups in total. The van der Waals surface area contributed by atoms with Crippen LogP contribution >= 0.6 is 0 Å². The second-order valence-electron chi connectivity index (χ2n) is 4.85. The minimum absolute atomic E-state index is 0.0360. The molecule has 2 rings (SSSR count). The van der Waals surface area contributed by atoms with Crippen LogP contribution in [0.2, 0.25) is 0 Å². The van der Waals surface area contributed by atoms with Crippen LogP contribution in [0.15, 0.2) is 30.3 Å². The minimum Gasteiger partial charge on any atom is -0.458 e. The molecule has 3 amide bonds. The Morgan fingerprint density at radius 2 is 2.05 bits per heavy atom. The average molecular weight is 290 g/mol. The second-order valence-corrected chi connectivity index (χ2v) is 4.85. The molecule has 6 nitrogen and oxygen atoms in total. The van der Waals surface area contributed by atoms with Crippen LogP contribution in [0, 0.1) is 0 Å². The van der Waals surface area contributed by atoms with Gasteiger partial charge in [0, 0.05) is 13.0 Å². The number of benzene rings is 1. The summed E-state index contributed by atoms with van der Waals surface area (Å²) in [6.45, 7) is 2.08. The van der Waals surface area contributed by atoms with Crippen LogP contribution < -0.4 is 5.32 Å². The predicted molar refractivity (Wildman–Crippen MR) is 75.3 cm³/mol. The maximum absolute atomic E-state index is 11.7. The van der Waals surface area contributed by atoms with Crippen molar-refractivity contribution in [3.8, 4) is 0 Å². The first-order valence-electron chi connectivity index (χ1n) is 6.90. The predicted octanol–water partition coefficient (Wildman–Crippen LogP) is 1.62. The van der Waals surface area contributed by atoms with Gasteiger partial charge in [0.15, 0.2) is 0 Å². The molecule has 1 unspecified atom stereocenters. The number of hydrogen-bond donors (Lipinski definition) is 1. The Hall–Kier alpha value is -2.37. The Morgan fingerprint density at radius 1 is 1.33 bits per heavy atom. The number of urea groups is 1. The summed E-state index contributed by atoms with van der Waals surface area (Å²) < 4.78 is 5.31. The first-order chi connectivity index (χ1) is 10.1. The molecule has 21 heavy (non-hydrogen) atoms. The van der Waals surface area contributed by atoms with E-state index in [0.717, 1.165) is 10.5 Å². The third-order valence-electron chi connectivity index (χ3n) is 3.28. The van der Waals surface area contributed by atoms with Gasteiger partial charge in [-0.25, -0.2) is 4.79 Å². The molecule has 0 aromatic heterocycles. The van der Waals surface area contributed by atoms with E-state index in [2.05, 4.69) is 5.32 Å². The van der Waals surface area contributed by atoms with E-state index in [4.69, 9.17) is 4.74 Å². The molecule has 1 aliphatic heterocycles. The summed E-state index contributed by atoms with van der Waals surface area (Å²) in [7, 11) is 0. The van der Waals surface area contributed by atoms with Crippen LogP contribution in [0.3, 0.4) is 0 Å². The van der Waals surface area contributed by atoms with Crippen LogP contribution in [0.1, 0.15) is 31.4 Å². The standard InChI is InChI=1S/C15H18N2O4/c1-11(12-6-3-2-4-7-12)21-14(19)8-5-9-17-13(18)10-16-15(17)20/h2-4,6-7,11H,5,8-10H2,1H3,(H,16,20). The number of imide groups is 1. The van der Waals surface area contributed by atoms with Crippen molar-refractivity contribution < 1.29 is 19.1 Å². The molecule has 1 aromatic carbocycles. The molecule has 0 saturated carbocycles. The lowest BCUT2D eigenvalue weighted by Gasteiger charge is -2.15. The molecule has 1 aliphatic rings. The number of ether oxygens (including phenoxy) is 1. The molecule has 112 valence electrons. The van der Waals surface area contributed by atoms with Crippen molar-refractivity contribution in [3.05, 3.63) is 35.9 Å². The maximum atomic E-state index is 11.7. The summed E-state index contributed by atoms with van der Waals surface area (Å²) >= 11 is 0. The quantitative estimate of drug-likeness (QED) is 0.638. The number of rotatable bonds is 6. The van der Waals surface area contributed by atoms with E-state index in [0.29, 0.717) is 6.42 Å². The van der Waals surface area contributed by atoms with E-state index in [-0.39, 0.29) is 37.5 Å². The molecule has 6 heteroatoms. The largest absolute Gasteiger partial charge is 0.458 e. The van der Waals surface area contributed by atoms with Crippen LogP contribution in [0.25, 0.3) is 0 Å². The van der Waals surface area contributed by atoms with Gasteiger partial charge in [-0.1, -0.05) is 30.3 Å². The zero-order chi connectivity index (χ0) is 15.2. The highest BCUT2D eigenvalue weighted by atomic mass is 16.5. The van der Waals surface area contributed by atoms with E-state index in [1.54, 1.807) is 0 Å². The molecule has 0 radical (unpaired) electrons. The van der Waals surface area contributed by atoms with Crippen LogP contribution in [0.5, 0.6) is 0 Å². The summed E-state index contributed by atoms with van der Waals surface area (Å²) in [5.41, 5.74) is 0.931. The number of nitrogens with zero attached hydrogens (tertiary/aromatic N) is 1. The summed E-state index contributed by atoms with van der Waals surface area (Å²) in [4.78, 5) is 35.5. The van der Waals surface area contributed by atoms with Crippen LogP contribution in [-0.4, -0.2) is 35.9 Å². The Bertz CT molecular complexity index is 514. The van der Waals surface area contributed by atoms with Gasteiger partial charge in [-0.05, 0) is 18.9 Å². The van der Waals surface area contributed by atoms with Gasteiger partial charge in [0.25, 0.3) is 0 Å². The first-order valence-corrected chi connectivity index (χ1v) is 6.90. The third kappa shape index (κ3) is 4.05. The second kappa shape index (κ2) is 6.88. The zero-order valence-electron chi connectivity index (χ0n) is 11.9. The fourth-order valence-electron chi connectivity index (χ4n) is 2.11. The number of carbonyl (C=O) groups is 3. The lowest BCUT2D eigenvalue weighted by atomic mass is 10.1. The fourth-order valence-corrected chi connectivity index (χ4v) is 2.11. The van der Waals surface area contributed by atoms with E-state index < -0.39 is 6.03 Å². The van der Waals surface area contributed by atoms with E-state index >= 15 is 0 Å². The summed E-state index contributed by atoms with van der Waals surface area (Å²) in [6.07, 6.45) is 0.267. The number of carbonyl (C=O) groups excluding carboxylic acids is 3. The Labute approximate surface area is 123 Å². The Balaban J connectivity index is 1.73. The zero-order valence-corrected chi connectivity index (χ0v) is 11.9. The topological polar surface area (TPSA) is 75.7 Å². The summed E-state index contributed by atoms with van der Waals surface area (Å²) in [5.74, 6) is -0.593. The smallest absolute Gasteiger partial charge is 0.324 e. The highest BCUT2D eigenvalue weighted by Crippen LogP contribution is 2.17. The van der Waals surface area contributed by atoms with Gasteiger partial charge in [0.05, 0.1) is 6.54 Å². The maximum Gasteiger partial charge on any atom is 0.324 e. The van der Waals surface area contributed by atoms with Gasteiger partial charge >= 0.3 is 12.0 Å². The van der Waals surface area contributed by atoms with Crippen molar-refractivity contribution in [3.63, 3.8) is 0 Å². The van der Waals surface area contributed by atoms with Crippen LogP contribution in [0.4, 0.5) is 4.79 Å². The van der Waals surface area contributed by atoms with Crippen molar-refractivity contribution in [2.75, 3.05) is 13.1 Å². The van der Waals surface area contributed by atoms with E-state index in [1.807, 2.05) is 37.3 Å². The lowest BCUT2D eigenvalue weighted by molar-refractivity contribution is -0.149. The van der Waals surface area contributed by atoms with Gasteiger partial charge in [-0.3, -0.25) is 14.5 Å². The van der Waals surface area contributed by atoms with Crippen molar-refractivity contribution >= 4 is 17.9 Å². The normalized spacial score (nSPS) is 15.8. The fraction of sp³-hybridized carbons (Fsp3) is 0.400. The minimum atomic E-state index is -0.397. The number of amides is 3. The van der Waals surface area contributed by atoms with Gasteiger partial charge in [-0.15, -0.1) is 0 Å². The van der Waals surface area contributed by atoms with E-state index in [9.17, 15) is 14.4 Å². The molecular formula is C15H18N2O4. The molecular weight excluding hydrogens is 272 g/mol. The SMILES string of the molecule is CC(OC(=O)CCCN1C(=O)CNC1=O)c1ccccc1. The van der Waals surface area contributed by atoms with Crippen LogP contribution in [-0.2, 0) is 14.3 Å². The molecule has 1 fully saturated rings. The van der Waals surface area contributed by atoms with Gasteiger partial charge in [-0.2, -0.15) is 0 Å². The highest BCUT2D eigenvalue weighted by molar-refractivity contribution is 6.01. The Morgan fingerprint density at radius 3 is 2.67 bits per heavy atom. The lowest BCUT2D eigenvalue weighted by Crippen LogP contribution is -2.32. The molecule has 1 aromatic rings. The summed E-state index contributed by atoms with van der Waals surface area (Å²) in [6, 6.07) is 9.06. The van der Waals surface area contributed by atoms with Gasteiger partial charge in [0.1, 0.15) is 6.10 Å². The van der Waals surface area contributed by atoms with Crippen molar-refractivity contribution in [1.82, 2.24) is 10.2 Å². The first kappa shape index (κ1) is 15.0. The van der Waals surface area contributed by atoms with Crippen molar-refractivity contribution in [2.24, 2.45) is 0 Å². The number of nitrogens with one attached hydrogen (secondary N) is 1. The molecule has 0 aliphatic carbocycles. The Kier molecular flexibility index (Phi) is 4.92. The third-order valence-corrected chi connectivity index (χ3v) is 3.28. The van der Waals surface area contributed by atoms with Gasteiger partial charge < -0.3 is 10.1 Å². The monoisotopic (exact) mass is 290 g/mol. The number of esters is 1. The number of hydrogen-bond acceptors (Lipinski definition) is 4. The molecule has 0 spiro atoms. The van der Waals surface area contributed by atoms with Crippen molar-refractivity contribution in [2.45, 2.75) is 25.9 Å².